The van der Waals surface area contributed by atoms with Crippen molar-refractivity contribution in [1.82, 2.24) is 4.98 Å². The van der Waals surface area contributed by atoms with E-state index in [1.807, 2.05) is 6.08 Å². The average molecular weight is 703 g/mol. The first kappa shape index (κ1) is 36.8. The maximum Gasteiger partial charge on any atom is 0.416 e. The lowest BCUT2D eigenvalue weighted by Crippen LogP contribution is -2.39. The van der Waals surface area contributed by atoms with Crippen molar-refractivity contribution in [3.63, 3.8) is 0 Å². The minimum Gasteiger partial charge on any atom is -0.507 e. The molecule has 3 N–H and O–H groups in total. The van der Waals surface area contributed by atoms with Gasteiger partial charge in [0.2, 0.25) is 11.8 Å². The number of alkyl halides is 6. The predicted molar refractivity (Wildman–Crippen MR) is 173 cm³/mol. The number of hydrogen-bond acceptors (Lipinski definition) is 6. The molecular formula is C37H36F6N2O5. The number of amides is 2. The summed E-state index contributed by atoms with van der Waals surface area (Å²) in [6.45, 7) is 4.60. The van der Waals surface area contributed by atoms with Crippen LogP contribution in [0.3, 0.4) is 0 Å². The molecule has 1 fully saturated rings. The van der Waals surface area contributed by atoms with Crippen LogP contribution in [-0.4, -0.2) is 44.8 Å². The lowest BCUT2D eigenvalue weighted by Gasteiger charge is -2.36. The van der Waals surface area contributed by atoms with Crippen LogP contribution in [0.5, 0.6) is 5.75 Å². The van der Waals surface area contributed by atoms with E-state index in [-0.39, 0.29) is 31.1 Å². The number of aromatic nitrogens is 1. The van der Waals surface area contributed by atoms with E-state index >= 15 is 0 Å². The van der Waals surface area contributed by atoms with Gasteiger partial charge in [0.05, 0.1) is 47.1 Å². The number of nitrogens with zero attached hydrogens (tertiary/aromatic N) is 2. The molecule has 7 nitrogen and oxygen atoms in total. The van der Waals surface area contributed by atoms with Gasteiger partial charge in [-0.2, -0.15) is 26.3 Å². The highest BCUT2D eigenvalue weighted by atomic mass is 19.4. The Morgan fingerprint density at radius 2 is 1.60 bits per heavy atom. The van der Waals surface area contributed by atoms with Gasteiger partial charge in [-0.3, -0.25) is 14.6 Å². The van der Waals surface area contributed by atoms with Crippen molar-refractivity contribution in [1.29, 1.82) is 0 Å². The van der Waals surface area contributed by atoms with Crippen molar-refractivity contribution in [2.24, 2.45) is 17.8 Å². The molecule has 0 spiro atoms. The number of carbonyl (C=O) groups is 2. The number of aliphatic hydroxyl groups is 2. The molecule has 3 aromatic rings. The van der Waals surface area contributed by atoms with Crippen LogP contribution in [0.1, 0.15) is 66.1 Å². The number of imide groups is 1. The van der Waals surface area contributed by atoms with Crippen LogP contribution in [0.2, 0.25) is 0 Å². The minimum atomic E-state index is -5.20. The van der Waals surface area contributed by atoms with E-state index in [1.54, 1.807) is 57.3 Å². The van der Waals surface area contributed by atoms with E-state index in [4.69, 9.17) is 0 Å². The zero-order valence-corrected chi connectivity index (χ0v) is 27.4. The van der Waals surface area contributed by atoms with Gasteiger partial charge in [-0.05, 0) is 116 Å². The number of hydrogen-bond donors (Lipinski definition) is 3. The molecule has 50 heavy (non-hydrogen) atoms. The molecule has 5 rings (SSSR count). The number of phenolic OH excluding ortho intramolecular Hbond substituents is 1. The Labute approximate surface area is 284 Å². The van der Waals surface area contributed by atoms with Crippen LogP contribution in [0.4, 0.5) is 32.0 Å². The Kier molecular flexibility index (Phi) is 10.3. The number of pyridine rings is 1. The van der Waals surface area contributed by atoms with E-state index in [0.717, 1.165) is 11.1 Å². The second-order valence-corrected chi connectivity index (χ2v) is 12.8. The SMILES string of the molecule is CCC1=C([C@H](O)CC/C(=C/c2cc(C)c(O)c(C)c2)c2ccccn2)[C@H](CO)[C@@H]2C(=O)N(c3cc(C(F)(F)F)cc(C(F)(F)F)c3)C(=O)[C@@H]2C1. The van der Waals surface area contributed by atoms with E-state index in [9.17, 15) is 51.3 Å². The second-order valence-electron chi connectivity index (χ2n) is 12.8. The highest BCUT2D eigenvalue weighted by molar-refractivity contribution is 6.22. The van der Waals surface area contributed by atoms with Crippen LogP contribution < -0.4 is 4.90 Å². The maximum absolute atomic E-state index is 13.8. The molecule has 0 bridgehead atoms. The zero-order chi connectivity index (χ0) is 36.7. The maximum atomic E-state index is 13.8. The summed E-state index contributed by atoms with van der Waals surface area (Å²) in [5.74, 6) is -5.42. The quantitative estimate of drug-likeness (QED) is 0.120. The van der Waals surface area contributed by atoms with E-state index in [2.05, 4.69) is 4.98 Å². The number of aliphatic hydroxyl groups excluding tert-OH is 2. The van der Waals surface area contributed by atoms with Crippen molar-refractivity contribution in [3.8, 4) is 5.75 Å². The number of carbonyl (C=O) groups excluding carboxylic acids is 2. The van der Waals surface area contributed by atoms with Gasteiger partial charge in [-0.15, -0.1) is 0 Å². The van der Waals surface area contributed by atoms with Crippen LogP contribution >= 0.6 is 0 Å². The van der Waals surface area contributed by atoms with Gasteiger partial charge < -0.3 is 15.3 Å². The molecule has 1 saturated heterocycles. The van der Waals surface area contributed by atoms with E-state index in [0.29, 0.717) is 51.4 Å². The lowest BCUT2D eigenvalue weighted by molar-refractivity contribution is -0.143. The average Bonchev–Trinajstić information content (AvgIpc) is 3.32. The van der Waals surface area contributed by atoms with Crippen molar-refractivity contribution >= 4 is 29.2 Å². The molecule has 2 aromatic carbocycles. The molecule has 266 valence electrons. The molecule has 13 heteroatoms. The van der Waals surface area contributed by atoms with Gasteiger partial charge in [-0.1, -0.05) is 18.6 Å². The van der Waals surface area contributed by atoms with Gasteiger partial charge >= 0.3 is 12.4 Å². The Balaban J connectivity index is 1.48. The van der Waals surface area contributed by atoms with Crippen molar-refractivity contribution < 1.29 is 51.3 Å². The summed E-state index contributed by atoms with van der Waals surface area (Å²) in [4.78, 5) is 32.3. The third kappa shape index (κ3) is 7.20. The highest BCUT2D eigenvalue weighted by Gasteiger charge is 2.55. The second kappa shape index (κ2) is 14.0. The van der Waals surface area contributed by atoms with Crippen molar-refractivity contribution in [2.75, 3.05) is 11.5 Å². The third-order valence-electron chi connectivity index (χ3n) is 9.53. The standard InChI is InChI=1S/C37H36F6N2O5/c1-4-22-14-27-32(35(50)45(34(27)49)26-16-24(36(38,39)40)15-25(17-26)37(41,42)43)28(18-46)31(22)30(47)9-8-23(29-7-5-6-10-44-29)13-21-11-19(2)33(48)20(3)12-21/h5-7,10-13,15-17,27-28,30,32,46-48H,4,8-9,14,18H2,1-3H3/b23-13-/t27-,28+,30-,32-/m1/s1. The summed E-state index contributed by atoms with van der Waals surface area (Å²) < 4.78 is 81.8. The van der Waals surface area contributed by atoms with Gasteiger partial charge in [0, 0.05) is 12.1 Å². The number of rotatable bonds is 9. The lowest BCUT2D eigenvalue weighted by atomic mass is 9.67. The number of halogens is 6. The molecule has 0 radical (unpaired) electrons. The molecular weight excluding hydrogens is 666 g/mol. The molecule has 1 aliphatic carbocycles. The summed E-state index contributed by atoms with van der Waals surface area (Å²) in [7, 11) is 0. The molecule has 0 unspecified atom stereocenters. The largest absolute Gasteiger partial charge is 0.507 e. The van der Waals surface area contributed by atoms with E-state index in [1.165, 1.54) is 0 Å². The number of anilines is 1. The fourth-order valence-electron chi connectivity index (χ4n) is 7.17. The zero-order valence-electron chi connectivity index (χ0n) is 27.4. The van der Waals surface area contributed by atoms with Crippen LogP contribution in [0.25, 0.3) is 11.6 Å². The van der Waals surface area contributed by atoms with Crippen LogP contribution in [-0.2, 0) is 21.9 Å². The number of aromatic hydroxyl groups is 1. The summed E-state index contributed by atoms with van der Waals surface area (Å²) in [6.07, 6.45) is -7.50. The number of phenols is 1. The third-order valence-corrected chi connectivity index (χ3v) is 9.53. The Bertz CT molecular complexity index is 1800. The van der Waals surface area contributed by atoms with Crippen molar-refractivity contribution in [3.05, 3.63) is 99.4 Å². The molecule has 1 aliphatic heterocycles. The first-order chi connectivity index (χ1) is 23.5. The summed E-state index contributed by atoms with van der Waals surface area (Å²) in [5, 5.41) is 32.5. The topological polar surface area (TPSA) is 111 Å². The van der Waals surface area contributed by atoms with E-state index < -0.39 is 71.4 Å². The number of benzene rings is 2. The Morgan fingerprint density at radius 3 is 2.12 bits per heavy atom. The highest BCUT2D eigenvalue weighted by Crippen LogP contribution is 2.49. The summed E-state index contributed by atoms with van der Waals surface area (Å²) >= 11 is 0. The molecule has 2 amide bonds. The molecule has 0 saturated carbocycles. The van der Waals surface area contributed by atoms with Gasteiger partial charge in [0.25, 0.3) is 0 Å². The van der Waals surface area contributed by atoms with Crippen molar-refractivity contribution in [2.45, 2.75) is 64.9 Å². The molecule has 1 aromatic heterocycles. The normalized spacial score (nSPS) is 20.8. The monoisotopic (exact) mass is 702 g/mol. The summed E-state index contributed by atoms with van der Waals surface area (Å²) in [5.41, 5.74) is 0.190. The van der Waals surface area contributed by atoms with Gasteiger partial charge in [0.15, 0.2) is 0 Å². The van der Waals surface area contributed by atoms with Gasteiger partial charge in [0.1, 0.15) is 5.75 Å². The smallest absolute Gasteiger partial charge is 0.416 e. The first-order valence-corrected chi connectivity index (χ1v) is 16.1. The predicted octanol–water partition coefficient (Wildman–Crippen LogP) is 7.65. The molecule has 4 atom stereocenters. The van der Waals surface area contributed by atoms with Crippen LogP contribution in [0.15, 0.2) is 65.9 Å². The van der Waals surface area contributed by atoms with Gasteiger partial charge in [-0.25, -0.2) is 4.90 Å². The number of fused-ring (bicyclic) bond motifs is 1. The first-order valence-electron chi connectivity index (χ1n) is 16.1. The Hall–Kier alpha value is -4.49. The van der Waals surface area contributed by atoms with Crippen LogP contribution in [0, 0.1) is 31.6 Å². The summed E-state index contributed by atoms with van der Waals surface area (Å²) in [6, 6.07) is 9.55. The Morgan fingerprint density at radius 1 is 0.980 bits per heavy atom. The molecule has 2 aliphatic rings. The fraction of sp³-hybridized carbons (Fsp3) is 0.378. The number of aryl methyl sites for hydroxylation is 2. The minimum absolute atomic E-state index is 0.0643. The molecule has 2 heterocycles. The fourth-order valence-corrected chi connectivity index (χ4v) is 7.17. The number of allylic oxidation sites excluding steroid dienone is 2.